The van der Waals surface area contributed by atoms with Gasteiger partial charge < -0.3 is 26.0 Å². The number of rotatable bonds is 0. The molecule has 0 aliphatic rings. The number of carbonyl (C=O) groups excluding carboxylic acids is 1. The van der Waals surface area contributed by atoms with Crippen LogP contribution in [0.15, 0.2) is 0 Å². The van der Waals surface area contributed by atoms with E-state index in [2.05, 4.69) is 0 Å². The first kappa shape index (κ1) is 38.1. The standard InChI is InChI=1S/CH2O3.Ba.2K.2H2O/c2-1(3)4;;;;;/h(H2,2,3,4);;;;2*1H2/q;+2;2*+1;;/p-4. The second-order valence-electron chi connectivity index (χ2n) is 0.250. The first-order valence-electron chi connectivity index (χ1n) is 0.612. The average Bonchev–Trinajstić information content (AvgIpc) is 0.811. The fourth-order valence-corrected chi connectivity index (χ4v) is 0. The van der Waals surface area contributed by atoms with Crippen LogP contribution < -0.4 is 113 Å². The molecule has 0 spiro atoms. The van der Waals surface area contributed by atoms with Crippen LogP contribution in [0.2, 0.25) is 0 Å². The molecule has 0 saturated carbocycles. The van der Waals surface area contributed by atoms with E-state index in [-0.39, 0.29) is 163 Å². The van der Waals surface area contributed by atoms with Crippen molar-refractivity contribution >= 4 is 55.0 Å². The summed E-state index contributed by atoms with van der Waals surface area (Å²) >= 11 is 0. The molecule has 0 aromatic carbocycles. The number of hydrogen-bond acceptors (Lipinski definition) is 5. The molecule has 9 heavy (non-hydrogen) atoms. The van der Waals surface area contributed by atoms with E-state index in [9.17, 15) is 0 Å². The summed E-state index contributed by atoms with van der Waals surface area (Å²) < 4.78 is 0. The maximum absolute atomic E-state index is 8.33. The summed E-state index contributed by atoms with van der Waals surface area (Å²) in [4.78, 5) is 8.33. The largest absolute Gasteiger partial charge is 2.00 e. The molecule has 0 rings (SSSR count). The first-order valence-corrected chi connectivity index (χ1v) is 0.612. The summed E-state index contributed by atoms with van der Waals surface area (Å²) in [5, 5.41) is 16.7. The number of carbonyl (C=O) groups is 1. The van der Waals surface area contributed by atoms with Crippen molar-refractivity contribution in [2.24, 2.45) is 0 Å². The Hall–Kier alpha value is 4.03. The summed E-state index contributed by atoms with van der Waals surface area (Å²) in [6.07, 6.45) is -2.33. The second-order valence-corrected chi connectivity index (χ2v) is 0.250. The molecule has 0 radical (unpaired) electrons. The van der Waals surface area contributed by atoms with Crippen LogP contribution in [-0.2, 0) is 0 Å². The monoisotopic (exact) mass is 310 g/mol. The molecule has 0 heterocycles. The van der Waals surface area contributed by atoms with Crippen LogP contribution in [0, 0.1) is 0 Å². The van der Waals surface area contributed by atoms with Crippen molar-refractivity contribution in [3.05, 3.63) is 0 Å². The van der Waals surface area contributed by atoms with Gasteiger partial charge in [-0.25, -0.2) is 0 Å². The Labute approximate surface area is 178 Å². The molecule has 0 bridgehead atoms. The van der Waals surface area contributed by atoms with Gasteiger partial charge in [-0.1, -0.05) is 0 Å². The Morgan fingerprint density at radius 3 is 1.00 bits per heavy atom. The zero-order chi connectivity index (χ0) is 3.58. The van der Waals surface area contributed by atoms with Gasteiger partial charge in [-0.3, -0.25) is 0 Å². The minimum Gasteiger partial charge on any atom is -0.870 e. The predicted molar refractivity (Wildman–Crippen MR) is 15.0 cm³/mol. The summed E-state index contributed by atoms with van der Waals surface area (Å²) in [5.74, 6) is 0. The predicted octanol–water partition coefficient (Wildman–Crippen LogP) is -9.17. The third kappa shape index (κ3) is 74.5. The van der Waals surface area contributed by atoms with E-state index in [1.807, 2.05) is 0 Å². The molecular weight excluding hydrogens is 308 g/mol. The van der Waals surface area contributed by atoms with Crippen molar-refractivity contribution in [1.82, 2.24) is 0 Å². The topological polar surface area (TPSA) is 123 Å². The van der Waals surface area contributed by atoms with E-state index < -0.39 is 6.16 Å². The van der Waals surface area contributed by atoms with Crippen LogP contribution >= 0.6 is 0 Å². The Bertz CT molecular complexity index is 37.9. The van der Waals surface area contributed by atoms with Gasteiger partial charge in [0.1, 0.15) is 0 Å². The van der Waals surface area contributed by atoms with Crippen LogP contribution in [0.3, 0.4) is 0 Å². The van der Waals surface area contributed by atoms with Gasteiger partial charge in [0, 0.05) is 0 Å². The summed E-state index contributed by atoms with van der Waals surface area (Å²) in [7, 11) is 0. The van der Waals surface area contributed by atoms with Gasteiger partial charge >= 0.3 is 152 Å². The molecule has 0 saturated heterocycles. The maximum Gasteiger partial charge on any atom is 2.00 e. The van der Waals surface area contributed by atoms with Gasteiger partial charge in [-0.2, -0.15) is 0 Å². The normalized spacial score (nSPS) is 2.67. The molecule has 0 amide bonds. The van der Waals surface area contributed by atoms with Gasteiger partial charge in [-0.05, 0) is 6.16 Å². The summed E-state index contributed by atoms with van der Waals surface area (Å²) in [6, 6.07) is 0. The van der Waals surface area contributed by atoms with Crippen molar-refractivity contribution in [3.63, 3.8) is 0 Å². The smallest absolute Gasteiger partial charge is 0.870 e. The van der Waals surface area contributed by atoms with Crippen molar-refractivity contribution in [2.75, 3.05) is 0 Å². The molecule has 0 unspecified atom stereocenters. The Balaban J connectivity index is -0.00000000450. The van der Waals surface area contributed by atoms with E-state index in [0.717, 1.165) is 0 Å². The third-order valence-corrected chi connectivity index (χ3v) is 0. The molecule has 0 atom stereocenters. The average molecular weight is 310 g/mol. The molecule has 5 nitrogen and oxygen atoms in total. The molecule has 0 aromatic heterocycles. The van der Waals surface area contributed by atoms with Crippen molar-refractivity contribution in [1.29, 1.82) is 0 Å². The molecular formula is CH2BaK2O5. The molecule has 0 fully saturated rings. The SMILES string of the molecule is O=C([O-])[O-].[Ba+2].[K+].[K+].[OH-].[OH-]. The van der Waals surface area contributed by atoms with Gasteiger partial charge in [0.15, 0.2) is 0 Å². The van der Waals surface area contributed by atoms with Crippen molar-refractivity contribution in [2.45, 2.75) is 0 Å². The Kier molecular flexibility index (Phi) is 126. The zero-order valence-corrected chi connectivity index (χ0v) is 16.0. The molecule has 0 aliphatic heterocycles. The van der Waals surface area contributed by atoms with E-state index in [0.29, 0.717) is 0 Å². The minimum atomic E-state index is -2.33. The van der Waals surface area contributed by atoms with Crippen LogP contribution in [0.5, 0.6) is 0 Å². The number of carboxylic acid groups (broad SMARTS) is 2. The van der Waals surface area contributed by atoms with Gasteiger partial charge in [0.05, 0.1) is 0 Å². The second kappa shape index (κ2) is 29.6. The Morgan fingerprint density at radius 2 is 1.00 bits per heavy atom. The van der Waals surface area contributed by atoms with Gasteiger partial charge in [0.25, 0.3) is 0 Å². The molecule has 2 N–H and O–H groups in total. The third-order valence-electron chi connectivity index (χ3n) is 0. The van der Waals surface area contributed by atoms with Gasteiger partial charge in [-0.15, -0.1) is 0 Å². The fraction of sp³-hybridized carbons (Fsp3) is 0. The van der Waals surface area contributed by atoms with Crippen LogP contribution in [0.25, 0.3) is 0 Å². The summed E-state index contributed by atoms with van der Waals surface area (Å²) in [6.45, 7) is 0. The van der Waals surface area contributed by atoms with Crippen LogP contribution in [0.4, 0.5) is 4.79 Å². The van der Waals surface area contributed by atoms with Crippen LogP contribution in [-0.4, -0.2) is 66.0 Å². The number of hydrogen-bond donors (Lipinski definition) is 0. The first-order chi connectivity index (χ1) is 1.73. The fourth-order valence-electron chi connectivity index (χ4n) is 0. The van der Waals surface area contributed by atoms with Gasteiger partial charge in [0.2, 0.25) is 0 Å². The molecule has 0 aliphatic carbocycles. The Morgan fingerprint density at radius 1 is 1.00 bits per heavy atom. The quantitative estimate of drug-likeness (QED) is 0.411. The summed E-state index contributed by atoms with van der Waals surface area (Å²) in [5.41, 5.74) is 0. The van der Waals surface area contributed by atoms with E-state index >= 15 is 0 Å². The van der Waals surface area contributed by atoms with Crippen LogP contribution in [0.1, 0.15) is 0 Å². The molecule has 0 aromatic rings. The maximum atomic E-state index is 8.33. The molecule has 40 valence electrons. The van der Waals surface area contributed by atoms with Crippen molar-refractivity contribution in [3.8, 4) is 0 Å². The molecule has 8 heteroatoms. The van der Waals surface area contributed by atoms with E-state index in [1.165, 1.54) is 0 Å². The minimum absolute atomic E-state index is 0. The van der Waals surface area contributed by atoms with E-state index in [4.69, 9.17) is 15.0 Å². The van der Waals surface area contributed by atoms with E-state index in [1.54, 1.807) is 0 Å². The van der Waals surface area contributed by atoms with Crippen molar-refractivity contribution < 1.29 is 129 Å². The zero-order valence-electron chi connectivity index (χ0n) is 5.33.